The molecule has 0 heterocycles. The standard InChI is InChI=1S/C16H18N.C9H7.3ClH.Hf/c1-17(2)13-16(14-9-5-3-6-10-14)15-11-7-4-8-12-15;1-2-5-9-7-3-6-8(9)4-1;;;;/h3-12H,13H2,1-2H3;1-7H;3*1H;/q2*-1;;;;+4/p-3. The van der Waals surface area contributed by atoms with Crippen LogP contribution in [0.15, 0.2) is 103 Å². The number of hydrogen-bond donors (Lipinski definition) is 0. The summed E-state index contributed by atoms with van der Waals surface area (Å²) in [6.07, 6.45) is 0. The van der Waals surface area contributed by atoms with Crippen molar-refractivity contribution >= 4 is 10.8 Å². The first-order valence-corrected chi connectivity index (χ1v) is 8.96. The van der Waals surface area contributed by atoms with E-state index >= 15 is 0 Å². The molecule has 0 aliphatic heterocycles. The van der Waals surface area contributed by atoms with Crippen LogP contribution in [0.5, 0.6) is 0 Å². The van der Waals surface area contributed by atoms with Crippen LogP contribution in [-0.2, 0) is 25.8 Å². The molecule has 30 heavy (non-hydrogen) atoms. The molecule has 0 aromatic heterocycles. The Balaban J connectivity index is 0. The maximum absolute atomic E-state index is 2.20. The van der Waals surface area contributed by atoms with Gasteiger partial charge in [0.25, 0.3) is 0 Å². The van der Waals surface area contributed by atoms with Crippen molar-refractivity contribution in [1.29, 1.82) is 0 Å². The topological polar surface area (TPSA) is 3.24 Å². The van der Waals surface area contributed by atoms with Crippen molar-refractivity contribution < 1.29 is 63.1 Å². The first-order valence-electron chi connectivity index (χ1n) is 8.96. The van der Waals surface area contributed by atoms with E-state index in [2.05, 4.69) is 122 Å². The average Bonchev–Trinajstić information content (AvgIpc) is 3.17. The SMILES string of the molecule is CN(C)C[C-](c1ccccc1)c1ccccc1.[Cl-].[Cl-].[Cl-].[Hf+4].c1ccc2[cH-]ccc2c1. The zero-order valence-electron chi connectivity index (χ0n) is 17.1. The van der Waals surface area contributed by atoms with Crippen LogP contribution in [0.25, 0.3) is 10.8 Å². The van der Waals surface area contributed by atoms with Gasteiger partial charge in [-0.2, -0.15) is 17.5 Å². The van der Waals surface area contributed by atoms with Gasteiger partial charge in [-0.1, -0.05) is 48.4 Å². The van der Waals surface area contributed by atoms with E-state index in [1.807, 2.05) is 0 Å². The zero-order chi connectivity index (χ0) is 18.2. The van der Waals surface area contributed by atoms with Crippen molar-refractivity contribution in [3.63, 3.8) is 0 Å². The summed E-state index contributed by atoms with van der Waals surface area (Å²) < 4.78 is 0. The van der Waals surface area contributed by atoms with Crippen LogP contribution < -0.4 is 37.2 Å². The van der Waals surface area contributed by atoms with Crippen LogP contribution in [0.1, 0.15) is 11.1 Å². The Kier molecular flexibility index (Phi) is 17.1. The number of likely N-dealkylation sites (N-methyl/N-ethyl adjacent to an activating group) is 1. The van der Waals surface area contributed by atoms with Crippen LogP contribution in [0.2, 0.25) is 0 Å². The fraction of sp³-hybridized carbons (Fsp3) is 0.120. The van der Waals surface area contributed by atoms with Gasteiger partial charge in [0.1, 0.15) is 0 Å². The van der Waals surface area contributed by atoms with Crippen LogP contribution >= 0.6 is 0 Å². The molecule has 1 nitrogen and oxygen atoms in total. The van der Waals surface area contributed by atoms with Crippen LogP contribution in [0.4, 0.5) is 0 Å². The van der Waals surface area contributed by atoms with Crippen molar-refractivity contribution in [2.75, 3.05) is 20.6 Å². The van der Waals surface area contributed by atoms with Gasteiger partial charge in [-0.25, -0.2) is 0 Å². The minimum Gasteiger partial charge on any atom is -1.00 e. The molecule has 4 aromatic rings. The molecule has 0 aliphatic rings. The van der Waals surface area contributed by atoms with Gasteiger partial charge < -0.3 is 42.1 Å². The second-order valence-electron chi connectivity index (χ2n) is 6.60. The Morgan fingerprint density at radius 1 is 0.667 bits per heavy atom. The van der Waals surface area contributed by atoms with E-state index in [0.29, 0.717) is 0 Å². The molecule has 0 amide bonds. The Bertz CT molecular complexity index is 842. The number of fused-ring (bicyclic) bond motifs is 1. The molecule has 0 unspecified atom stereocenters. The summed E-state index contributed by atoms with van der Waals surface area (Å²) >= 11 is 0. The molecule has 0 aliphatic carbocycles. The summed E-state index contributed by atoms with van der Waals surface area (Å²) in [6, 6.07) is 35.8. The first-order chi connectivity index (χ1) is 12.7. The third-order valence-electron chi connectivity index (χ3n) is 4.27. The van der Waals surface area contributed by atoms with Gasteiger partial charge in [-0.3, -0.25) is 0 Å². The maximum atomic E-state index is 2.20. The maximum Gasteiger partial charge on any atom is 4.00 e. The molecule has 4 aromatic carbocycles. The molecule has 0 spiro atoms. The summed E-state index contributed by atoms with van der Waals surface area (Å²) in [5.74, 6) is 1.37. The molecular formula is C25H25Cl3HfN-. The van der Waals surface area contributed by atoms with Gasteiger partial charge in [0.15, 0.2) is 0 Å². The largest absolute Gasteiger partial charge is 4.00 e. The number of rotatable bonds is 4. The van der Waals surface area contributed by atoms with Gasteiger partial charge in [-0.05, 0) is 20.6 Å². The summed E-state index contributed by atoms with van der Waals surface area (Å²) in [5.41, 5.74) is 2.60. The van der Waals surface area contributed by atoms with Crippen LogP contribution in [0.3, 0.4) is 0 Å². The molecule has 0 atom stereocenters. The van der Waals surface area contributed by atoms with E-state index in [1.54, 1.807) is 0 Å². The molecular weight excluding hydrogens is 599 g/mol. The number of nitrogens with zero attached hydrogens (tertiary/aromatic N) is 1. The summed E-state index contributed by atoms with van der Waals surface area (Å²) in [5, 5.41) is 2.66. The molecule has 4 rings (SSSR count). The average molecular weight is 624 g/mol. The molecule has 0 fully saturated rings. The monoisotopic (exact) mass is 624 g/mol. The summed E-state index contributed by atoms with van der Waals surface area (Å²) in [7, 11) is 4.21. The van der Waals surface area contributed by atoms with Gasteiger partial charge >= 0.3 is 25.8 Å². The van der Waals surface area contributed by atoms with E-state index in [-0.39, 0.29) is 63.1 Å². The number of halogens is 3. The molecule has 0 N–H and O–H groups in total. The zero-order valence-corrected chi connectivity index (χ0v) is 23.0. The quantitative estimate of drug-likeness (QED) is 0.171. The normalized spacial score (nSPS) is 9.03. The smallest absolute Gasteiger partial charge is 1.00 e. The minimum atomic E-state index is 0. The van der Waals surface area contributed by atoms with Crippen molar-refractivity contribution in [1.82, 2.24) is 4.90 Å². The summed E-state index contributed by atoms with van der Waals surface area (Å²) in [4.78, 5) is 2.20. The number of benzene rings is 3. The Hall–Kier alpha value is -1.16. The third kappa shape index (κ3) is 9.32. The Morgan fingerprint density at radius 3 is 1.60 bits per heavy atom. The number of hydrogen-bond acceptors (Lipinski definition) is 1. The van der Waals surface area contributed by atoms with E-state index in [9.17, 15) is 0 Å². The van der Waals surface area contributed by atoms with Crippen LogP contribution in [-0.4, -0.2) is 25.5 Å². The predicted octanol–water partition coefficient (Wildman–Crippen LogP) is -3.21. The van der Waals surface area contributed by atoms with Gasteiger partial charge in [0, 0.05) is 0 Å². The molecule has 0 saturated heterocycles. The van der Waals surface area contributed by atoms with Crippen LogP contribution in [0, 0.1) is 5.92 Å². The van der Waals surface area contributed by atoms with Crippen molar-refractivity contribution in [3.8, 4) is 0 Å². The van der Waals surface area contributed by atoms with Gasteiger partial charge in [-0.15, -0.1) is 65.0 Å². The van der Waals surface area contributed by atoms with Crippen molar-refractivity contribution in [2.24, 2.45) is 0 Å². The molecule has 0 radical (unpaired) electrons. The van der Waals surface area contributed by atoms with Crippen molar-refractivity contribution in [3.05, 3.63) is 120 Å². The van der Waals surface area contributed by atoms with Gasteiger partial charge in [0.2, 0.25) is 0 Å². The van der Waals surface area contributed by atoms with E-state index in [1.165, 1.54) is 27.8 Å². The Labute approximate surface area is 218 Å². The van der Waals surface area contributed by atoms with E-state index in [4.69, 9.17) is 0 Å². The molecule has 0 bridgehead atoms. The van der Waals surface area contributed by atoms with E-state index < -0.39 is 0 Å². The molecule has 156 valence electrons. The molecule has 0 saturated carbocycles. The fourth-order valence-electron chi connectivity index (χ4n) is 3.01. The van der Waals surface area contributed by atoms with Crippen molar-refractivity contribution in [2.45, 2.75) is 0 Å². The molecule has 5 heteroatoms. The second-order valence-corrected chi connectivity index (χ2v) is 6.60. The second kappa shape index (κ2) is 16.5. The predicted molar refractivity (Wildman–Crippen MR) is 112 cm³/mol. The minimum absolute atomic E-state index is 0. The third-order valence-corrected chi connectivity index (χ3v) is 4.27. The fourth-order valence-corrected chi connectivity index (χ4v) is 3.01. The first kappa shape index (κ1) is 31.0. The summed E-state index contributed by atoms with van der Waals surface area (Å²) in [6.45, 7) is 0.952. The van der Waals surface area contributed by atoms with Gasteiger partial charge in [0.05, 0.1) is 0 Å². The Morgan fingerprint density at radius 2 is 1.13 bits per heavy atom. The van der Waals surface area contributed by atoms with E-state index in [0.717, 1.165) is 6.54 Å².